The van der Waals surface area contributed by atoms with Crippen molar-refractivity contribution >= 4 is 22.7 Å². The van der Waals surface area contributed by atoms with Gasteiger partial charge in [0.15, 0.2) is 0 Å². The van der Waals surface area contributed by atoms with E-state index in [4.69, 9.17) is 5.73 Å². The molecule has 5 heteroatoms. The minimum absolute atomic E-state index is 0.590. The van der Waals surface area contributed by atoms with Crippen molar-refractivity contribution in [3.05, 3.63) is 54.1 Å². The van der Waals surface area contributed by atoms with Crippen LogP contribution in [0.5, 0.6) is 0 Å². The summed E-state index contributed by atoms with van der Waals surface area (Å²) in [6.45, 7) is 0.646. The minimum atomic E-state index is 0.590. The first kappa shape index (κ1) is 12.3. The summed E-state index contributed by atoms with van der Waals surface area (Å²) < 4.78 is 0. The topological polar surface area (TPSA) is 67.9 Å². The molecule has 20 heavy (non-hydrogen) atoms. The molecule has 0 saturated carbocycles. The maximum absolute atomic E-state index is 5.95. The lowest BCUT2D eigenvalue weighted by Gasteiger charge is -2.17. The van der Waals surface area contributed by atoms with Gasteiger partial charge in [0, 0.05) is 19.3 Å². The van der Waals surface area contributed by atoms with Gasteiger partial charge in [-0.2, -0.15) is 0 Å². The van der Waals surface area contributed by atoms with Crippen LogP contribution in [0.2, 0.25) is 0 Å². The zero-order valence-corrected chi connectivity index (χ0v) is 11.2. The third kappa shape index (κ3) is 2.38. The van der Waals surface area contributed by atoms with Crippen molar-refractivity contribution in [1.29, 1.82) is 0 Å². The molecule has 0 fully saturated rings. The fourth-order valence-corrected chi connectivity index (χ4v) is 2.04. The fourth-order valence-electron chi connectivity index (χ4n) is 2.04. The molecule has 2 aromatic carbocycles. The average Bonchev–Trinajstić information content (AvgIpc) is 2.49. The lowest BCUT2D eigenvalue weighted by Crippen LogP contribution is -2.20. The Morgan fingerprint density at radius 1 is 0.950 bits per heavy atom. The number of aromatic nitrogens is 3. The molecule has 3 aromatic rings. The molecule has 0 unspecified atom stereocenters. The molecule has 100 valence electrons. The predicted octanol–water partition coefficient (Wildman–Crippen LogP) is 2.24. The number of hydrogen-bond acceptors (Lipinski definition) is 5. The Morgan fingerprint density at radius 3 is 2.45 bits per heavy atom. The number of nitrogens with zero attached hydrogens (tertiary/aromatic N) is 4. The number of nitrogen functional groups attached to an aromatic ring is 1. The molecule has 0 spiro atoms. The molecular formula is C15H15N5. The van der Waals surface area contributed by atoms with Crippen LogP contribution in [0, 0.1) is 0 Å². The van der Waals surface area contributed by atoms with Gasteiger partial charge in [-0.05, 0) is 23.8 Å². The summed E-state index contributed by atoms with van der Waals surface area (Å²) in [7, 11) is 1.93. The molecule has 0 atom stereocenters. The Kier molecular flexibility index (Phi) is 3.16. The molecule has 1 heterocycles. The van der Waals surface area contributed by atoms with Crippen LogP contribution >= 0.6 is 0 Å². The second-order valence-electron chi connectivity index (χ2n) is 4.66. The Balaban J connectivity index is 1.89. The van der Waals surface area contributed by atoms with Gasteiger partial charge in [-0.3, -0.25) is 0 Å². The lowest BCUT2D eigenvalue weighted by atomic mass is 10.2. The summed E-state index contributed by atoms with van der Waals surface area (Å²) in [4.78, 5) is 6.45. The Hall–Kier alpha value is -2.69. The number of rotatable bonds is 3. The van der Waals surface area contributed by atoms with E-state index in [2.05, 4.69) is 15.2 Å². The predicted molar refractivity (Wildman–Crippen MR) is 80.3 cm³/mol. The van der Waals surface area contributed by atoms with Crippen molar-refractivity contribution in [2.75, 3.05) is 17.7 Å². The molecular weight excluding hydrogens is 250 g/mol. The van der Waals surface area contributed by atoms with Crippen LogP contribution in [0.25, 0.3) is 11.0 Å². The van der Waals surface area contributed by atoms with Crippen LogP contribution in [0.15, 0.2) is 48.5 Å². The van der Waals surface area contributed by atoms with Gasteiger partial charge in [0.25, 0.3) is 0 Å². The molecule has 0 aliphatic rings. The van der Waals surface area contributed by atoms with Crippen molar-refractivity contribution in [2.45, 2.75) is 6.54 Å². The molecule has 0 bridgehead atoms. The fraction of sp³-hybridized carbons (Fsp3) is 0.133. The third-order valence-corrected chi connectivity index (χ3v) is 3.15. The van der Waals surface area contributed by atoms with E-state index in [1.54, 1.807) is 0 Å². The highest BCUT2D eigenvalue weighted by molar-refractivity contribution is 5.74. The molecule has 0 saturated heterocycles. The maximum Gasteiger partial charge on any atom is 0.245 e. The number of benzene rings is 2. The maximum atomic E-state index is 5.95. The van der Waals surface area contributed by atoms with Gasteiger partial charge in [0.2, 0.25) is 5.95 Å². The van der Waals surface area contributed by atoms with Crippen molar-refractivity contribution in [3.8, 4) is 0 Å². The monoisotopic (exact) mass is 265 g/mol. The normalized spacial score (nSPS) is 10.7. The highest BCUT2D eigenvalue weighted by Gasteiger charge is 2.08. The SMILES string of the molecule is CN(Cc1ccccc1N)c1nnc2ccccc2n1. The minimum Gasteiger partial charge on any atom is -0.398 e. The highest BCUT2D eigenvalue weighted by atomic mass is 15.3. The highest BCUT2D eigenvalue weighted by Crippen LogP contribution is 2.16. The average molecular weight is 265 g/mol. The molecule has 0 aliphatic heterocycles. The standard InChI is InChI=1S/C15H15N5/c1-20(10-11-6-2-3-7-12(11)16)15-17-13-8-4-5-9-14(13)18-19-15/h2-9H,10,16H2,1H3. The van der Waals surface area contributed by atoms with Gasteiger partial charge in [-0.1, -0.05) is 30.3 Å². The number of anilines is 2. The van der Waals surface area contributed by atoms with E-state index in [9.17, 15) is 0 Å². The zero-order chi connectivity index (χ0) is 13.9. The largest absolute Gasteiger partial charge is 0.398 e. The molecule has 0 aliphatic carbocycles. The molecule has 1 aromatic heterocycles. The van der Waals surface area contributed by atoms with Crippen LogP contribution in [0.1, 0.15) is 5.56 Å². The van der Waals surface area contributed by atoms with E-state index >= 15 is 0 Å². The first-order valence-electron chi connectivity index (χ1n) is 6.38. The van der Waals surface area contributed by atoms with Crippen LogP contribution in [-0.2, 0) is 6.54 Å². The third-order valence-electron chi connectivity index (χ3n) is 3.15. The second kappa shape index (κ2) is 5.13. The number of fused-ring (bicyclic) bond motifs is 1. The number of nitrogens with two attached hydrogens (primary N) is 1. The van der Waals surface area contributed by atoms with Crippen LogP contribution < -0.4 is 10.6 Å². The van der Waals surface area contributed by atoms with Gasteiger partial charge >= 0.3 is 0 Å². The van der Waals surface area contributed by atoms with E-state index in [-0.39, 0.29) is 0 Å². The van der Waals surface area contributed by atoms with Gasteiger partial charge in [-0.15, -0.1) is 10.2 Å². The van der Waals surface area contributed by atoms with Crippen LogP contribution in [-0.4, -0.2) is 22.2 Å². The summed E-state index contributed by atoms with van der Waals surface area (Å²) >= 11 is 0. The van der Waals surface area contributed by atoms with Gasteiger partial charge in [0.1, 0.15) is 5.52 Å². The van der Waals surface area contributed by atoms with Crippen molar-refractivity contribution in [3.63, 3.8) is 0 Å². The quantitative estimate of drug-likeness (QED) is 0.736. The Morgan fingerprint density at radius 2 is 1.65 bits per heavy atom. The van der Waals surface area contributed by atoms with Gasteiger partial charge in [0.05, 0.1) is 5.52 Å². The number of para-hydroxylation sites is 2. The van der Waals surface area contributed by atoms with Crippen molar-refractivity contribution in [2.24, 2.45) is 0 Å². The second-order valence-corrected chi connectivity index (χ2v) is 4.66. The molecule has 3 rings (SSSR count). The Bertz CT molecular complexity index is 741. The van der Waals surface area contributed by atoms with E-state index < -0.39 is 0 Å². The molecule has 0 amide bonds. The van der Waals surface area contributed by atoms with Crippen LogP contribution in [0.4, 0.5) is 11.6 Å². The van der Waals surface area contributed by atoms with Crippen LogP contribution in [0.3, 0.4) is 0 Å². The lowest BCUT2D eigenvalue weighted by molar-refractivity contribution is 0.846. The van der Waals surface area contributed by atoms with E-state index in [0.29, 0.717) is 12.5 Å². The van der Waals surface area contributed by atoms with E-state index in [1.807, 2.05) is 60.5 Å². The summed E-state index contributed by atoms with van der Waals surface area (Å²) in [5.74, 6) is 0.590. The molecule has 2 N–H and O–H groups in total. The first-order valence-corrected chi connectivity index (χ1v) is 6.38. The summed E-state index contributed by atoms with van der Waals surface area (Å²) in [5, 5.41) is 8.34. The first-order chi connectivity index (χ1) is 9.74. The summed E-state index contributed by atoms with van der Waals surface area (Å²) in [6, 6.07) is 15.5. The summed E-state index contributed by atoms with van der Waals surface area (Å²) in [6.07, 6.45) is 0. The number of hydrogen-bond donors (Lipinski definition) is 1. The van der Waals surface area contributed by atoms with Gasteiger partial charge < -0.3 is 10.6 Å². The zero-order valence-electron chi connectivity index (χ0n) is 11.2. The molecule has 0 radical (unpaired) electrons. The Labute approximate surface area is 117 Å². The smallest absolute Gasteiger partial charge is 0.245 e. The summed E-state index contributed by atoms with van der Waals surface area (Å²) in [5.41, 5.74) is 9.41. The van der Waals surface area contributed by atoms with Gasteiger partial charge in [-0.25, -0.2) is 4.98 Å². The van der Waals surface area contributed by atoms with E-state index in [0.717, 1.165) is 22.3 Å². The molecule has 5 nitrogen and oxygen atoms in total. The van der Waals surface area contributed by atoms with E-state index in [1.165, 1.54) is 0 Å². The van der Waals surface area contributed by atoms with Crippen molar-refractivity contribution < 1.29 is 0 Å². The van der Waals surface area contributed by atoms with Crippen molar-refractivity contribution in [1.82, 2.24) is 15.2 Å².